The first-order chi connectivity index (χ1) is 10.7. The van der Waals surface area contributed by atoms with Crippen molar-refractivity contribution in [2.45, 2.75) is 18.6 Å². The zero-order valence-corrected chi connectivity index (χ0v) is 13.0. The van der Waals surface area contributed by atoms with Gasteiger partial charge in [-0.1, -0.05) is 29.1 Å². The smallest absolute Gasteiger partial charge is 0.217 e. The molecule has 7 nitrogen and oxygen atoms in total. The second-order valence-electron chi connectivity index (χ2n) is 4.65. The Balaban J connectivity index is 2.00. The molecular formula is C14H14N6OS. The molecule has 2 aromatic heterocycles. The minimum atomic E-state index is -0.0611. The molecule has 0 atom stereocenters. The molecule has 1 N–H and O–H groups in total. The van der Waals surface area contributed by atoms with Gasteiger partial charge in [-0.15, -0.1) is 5.10 Å². The molecule has 3 aromatic rings. The van der Waals surface area contributed by atoms with Crippen LogP contribution in [0.4, 0.5) is 0 Å². The summed E-state index contributed by atoms with van der Waals surface area (Å²) in [7, 11) is 0. The van der Waals surface area contributed by atoms with E-state index in [2.05, 4.69) is 25.6 Å². The van der Waals surface area contributed by atoms with Gasteiger partial charge in [0.2, 0.25) is 5.91 Å². The van der Waals surface area contributed by atoms with Crippen LogP contribution in [0.5, 0.6) is 0 Å². The van der Waals surface area contributed by atoms with E-state index in [4.69, 9.17) is 0 Å². The summed E-state index contributed by atoms with van der Waals surface area (Å²) >= 11 is 1.47. The number of nitrogens with one attached hydrogen (secondary N) is 1. The summed E-state index contributed by atoms with van der Waals surface area (Å²) < 4.78 is 1.67. The lowest BCUT2D eigenvalue weighted by molar-refractivity contribution is -0.119. The van der Waals surface area contributed by atoms with Crippen LogP contribution >= 0.6 is 11.8 Å². The molecule has 0 aliphatic carbocycles. The second kappa shape index (κ2) is 6.10. The summed E-state index contributed by atoms with van der Waals surface area (Å²) in [5.41, 5.74) is 3.13. The van der Waals surface area contributed by atoms with Crippen LogP contribution in [-0.2, 0) is 11.3 Å². The molecule has 2 heterocycles. The molecule has 112 valence electrons. The molecule has 3 rings (SSSR count). The van der Waals surface area contributed by atoms with Crippen LogP contribution in [0.1, 0.15) is 12.5 Å². The van der Waals surface area contributed by atoms with Crippen molar-refractivity contribution in [2.24, 2.45) is 0 Å². The molecule has 1 amide bonds. The van der Waals surface area contributed by atoms with Gasteiger partial charge in [0.05, 0.1) is 11.9 Å². The number of hydrogen-bond donors (Lipinski definition) is 1. The first-order valence-electron chi connectivity index (χ1n) is 6.63. The van der Waals surface area contributed by atoms with Gasteiger partial charge in [0.15, 0.2) is 16.3 Å². The SMILES string of the molecule is CSc1ncc2nnn(-c3cccc(CNC(C)=O)c3)c2n1. The minimum Gasteiger partial charge on any atom is -0.352 e. The molecule has 0 saturated carbocycles. The summed E-state index contributed by atoms with van der Waals surface area (Å²) in [4.78, 5) is 19.7. The number of nitrogens with zero attached hydrogens (tertiary/aromatic N) is 5. The molecule has 8 heteroatoms. The zero-order valence-electron chi connectivity index (χ0n) is 12.1. The quantitative estimate of drug-likeness (QED) is 0.581. The lowest BCUT2D eigenvalue weighted by atomic mass is 10.2. The van der Waals surface area contributed by atoms with Crippen LogP contribution in [-0.4, -0.2) is 37.1 Å². The normalized spacial score (nSPS) is 10.8. The zero-order chi connectivity index (χ0) is 15.5. The number of carbonyl (C=O) groups excluding carboxylic acids is 1. The maximum Gasteiger partial charge on any atom is 0.217 e. The van der Waals surface area contributed by atoms with Crippen LogP contribution in [0.2, 0.25) is 0 Å². The average molecular weight is 314 g/mol. The number of hydrogen-bond acceptors (Lipinski definition) is 6. The van der Waals surface area contributed by atoms with Crippen molar-refractivity contribution in [3.8, 4) is 5.69 Å². The highest BCUT2D eigenvalue weighted by Crippen LogP contribution is 2.17. The highest BCUT2D eigenvalue weighted by molar-refractivity contribution is 7.98. The van der Waals surface area contributed by atoms with Crippen molar-refractivity contribution in [2.75, 3.05) is 6.26 Å². The van der Waals surface area contributed by atoms with E-state index < -0.39 is 0 Å². The Kier molecular flexibility index (Phi) is 4.01. The van der Waals surface area contributed by atoms with Gasteiger partial charge < -0.3 is 5.32 Å². The highest BCUT2D eigenvalue weighted by atomic mass is 32.2. The van der Waals surface area contributed by atoms with E-state index in [0.717, 1.165) is 11.3 Å². The molecule has 0 fully saturated rings. The van der Waals surface area contributed by atoms with E-state index >= 15 is 0 Å². The maximum atomic E-state index is 11.0. The van der Waals surface area contributed by atoms with Crippen LogP contribution in [0.3, 0.4) is 0 Å². The molecule has 0 aliphatic heterocycles. The predicted octanol–water partition coefficient (Wildman–Crippen LogP) is 1.57. The lowest BCUT2D eigenvalue weighted by Gasteiger charge is -2.06. The van der Waals surface area contributed by atoms with Gasteiger partial charge in [0, 0.05) is 13.5 Å². The average Bonchev–Trinajstić information content (AvgIpc) is 2.96. The molecular weight excluding hydrogens is 300 g/mol. The fourth-order valence-corrected chi connectivity index (χ4v) is 2.35. The van der Waals surface area contributed by atoms with E-state index in [0.29, 0.717) is 22.9 Å². The monoisotopic (exact) mass is 314 g/mol. The third-order valence-electron chi connectivity index (χ3n) is 3.05. The van der Waals surface area contributed by atoms with Crippen LogP contribution in [0.25, 0.3) is 16.9 Å². The highest BCUT2D eigenvalue weighted by Gasteiger charge is 2.10. The number of carbonyl (C=O) groups is 1. The number of amides is 1. The van der Waals surface area contributed by atoms with E-state index in [-0.39, 0.29) is 5.91 Å². The molecule has 0 unspecified atom stereocenters. The van der Waals surface area contributed by atoms with Crippen LogP contribution < -0.4 is 5.32 Å². The summed E-state index contributed by atoms with van der Waals surface area (Å²) in [5, 5.41) is 11.7. The third kappa shape index (κ3) is 2.91. The fourth-order valence-electron chi connectivity index (χ4n) is 2.01. The lowest BCUT2D eigenvalue weighted by Crippen LogP contribution is -2.18. The van der Waals surface area contributed by atoms with Gasteiger partial charge in [-0.25, -0.2) is 9.97 Å². The number of rotatable bonds is 4. The van der Waals surface area contributed by atoms with Gasteiger partial charge >= 0.3 is 0 Å². The first-order valence-corrected chi connectivity index (χ1v) is 7.86. The van der Waals surface area contributed by atoms with Gasteiger partial charge in [0.25, 0.3) is 0 Å². The van der Waals surface area contributed by atoms with Crippen molar-refractivity contribution >= 4 is 28.8 Å². The Morgan fingerprint density at radius 1 is 1.41 bits per heavy atom. The van der Waals surface area contributed by atoms with Crippen LogP contribution in [0.15, 0.2) is 35.6 Å². The Morgan fingerprint density at radius 3 is 3.05 bits per heavy atom. The van der Waals surface area contributed by atoms with Crippen molar-refractivity contribution in [1.82, 2.24) is 30.3 Å². The Labute approximate surface area is 131 Å². The summed E-state index contributed by atoms with van der Waals surface area (Å²) in [5.74, 6) is -0.0611. The van der Waals surface area contributed by atoms with Gasteiger partial charge in [-0.2, -0.15) is 4.68 Å². The largest absolute Gasteiger partial charge is 0.352 e. The number of benzene rings is 1. The maximum absolute atomic E-state index is 11.0. The predicted molar refractivity (Wildman–Crippen MR) is 83.8 cm³/mol. The molecule has 1 aromatic carbocycles. The first kappa shape index (κ1) is 14.5. The van der Waals surface area contributed by atoms with Gasteiger partial charge in [-0.3, -0.25) is 4.79 Å². The second-order valence-corrected chi connectivity index (χ2v) is 5.42. The van der Waals surface area contributed by atoms with Crippen LogP contribution in [0, 0.1) is 0 Å². The molecule has 0 radical (unpaired) electrons. The number of thioether (sulfide) groups is 1. The topological polar surface area (TPSA) is 85.6 Å². The van der Waals surface area contributed by atoms with Crippen molar-refractivity contribution in [3.05, 3.63) is 36.0 Å². The number of fused-ring (bicyclic) bond motifs is 1. The fraction of sp³-hybridized carbons (Fsp3) is 0.214. The molecule has 0 aliphatic rings. The standard InChI is InChI=1S/C14H14N6OS/c1-9(21)15-7-10-4-3-5-11(6-10)20-13-12(18-19-20)8-16-14(17-13)22-2/h3-6,8H,7H2,1-2H3,(H,15,21). The Bertz CT molecular complexity index is 831. The Hall–Kier alpha value is -2.48. The van der Waals surface area contributed by atoms with E-state index in [1.54, 1.807) is 10.9 Å². The Morgan fingerprint density at radius 2 is 2.27 bits per heavy atom. The van der Waals surface area contributed by atoms with E-state index in [1.807, 2.05) is 30.5 Å². The van der Waals surface area contributed by atoms with Crippen molar-refractivity contribution < 1.29 is 4.79 Å². The van der Waals surface area contributed by atoms with E-state index in [9.17, 15) is 4.79 Å². The molecule has 22 heavy (non-hydrogen) atoms. The van der Waals surface area contributed by atoms with Crippen molar-refractivity contribution in [1.29, 1.82) is 0 Å². The minimum absolute atomic E-state index is 0.0611. The third-order valence-corrected chi connectivity index (χ3v) is 3.61. The molecule has 0 bridgehead atoms. The van der Waals surface area contributed by atoms with Gasteiger partial charge in [-0.05, 0) is 24.0 Å². The number of aromatic nitrogens is 5. The van der Waals surface area contributed by atoms with Crippen molar-refractivity contribution in [3.63, 3.8) is 0 Å². The summed E-state index contributed by atoms with van der Waals surface area (Å²) in [6.45, 7) is 1.97. The van der Waals surface area contributed by atoms with E-state index in [1.165, 1.54) is 18.7 Å². The summed E-state index contributed by atoms with van der Waals surface area (Å²) in [6.07, 6.45) is 3.59. The molecule has 0 spiro atoms. The van der Waals surface area contributed by atoms with Gasteiger partial charge in [0.1, 0.15) is 0 Å². The molecule has 0 saturated heterocycles. The summed E-state index contributed by atoms with van der Waals surface area (Å²) in [6, 6.07) is 7.73.